The topological polar surface area (TPSA) is 107 Å². The lowest BCUT2D eigenvalue weighted by atomic mass is 9.60. The Kier molecular flexibility index (Phi) is 12.0. The molecule has 2 aromatic rings. The van der Waals surface area contributed by atoms with Gasteiger partial charge in [0, 0.05) is 62.5 Å². The SMILES string of the molecule is COCC[C@@H]1[C@@H](C)CCC[C@@](CC2CCN3CCOC[C@@H]3C2)(OC)[C@@H]2CC[C@H]2CN2C[C@@]3(CCCc4cc(Cl)ccc43)COc3ccc(cc32)C(=O)NS1(=O)=O. The molecule has 4 heterocycles. The van der Waals surface area contributed by atoms with Crippen LogP contribution in [0.1, 0.15) is 99.0 Å². The minimum Gasteiger partial charge on any atom is -0.490 e. The molecule has 8 rings (SSSR count). The van der Waals surface area contributed by atoms with Crippen LogP contribution in [0.25, 0.3) is 0 Å². The molecule has 0 radical (unpaired) electrons. The molecule has 2 aromatic carbocycles. The summed E-state index contributed by atoms with van der Waals surface area (Å²) < 4.78 is 55.7. The van der Waals surface area contributed by atoms with Crippen molar-refractivity contribution in [2.24, 2.45) is 23.7 Å². The Morgan fingerprint density at radius 1 is 1.04 bits per heavy atom. The van der Waals surface area contributed by atoms with Crippen LogP contribution in [-0.4, -0.2) is 103 Å². The van der Waals surface area contributed by atoms with Crippen LogP contribution in [0, 0.1) is 23.7 Å². The van der Waals surface area contributed by atoms with Gasteiger partial charge >= 0.3 is 0 Å². The lowest BCUT2D eigenvalue weighted by Gasteiger charge is -2.53. The molecule has 4 aliphatic heterocycles. The summed E-state index contributed by atoms with van der Waals surface area (Å²) >= 11 is 6.54. The van der Waals surface area contributed by atoms with Gasteiger partial charge in [-0.15, -0.1) is 0 Å². The van der Waals surface area contributed by atoms with E-state index in [1.807, 2.05) is 32.2 Å². The van der Waals surface area contributed by atoms with Crippen LogP contribution in [-0.2, 0) is 36.1 Å². The third-order valence-electron chi connectivity index (χ3n) is 14.8. The predicted octanol–water partition coefficient (Wildman–Crippen LogP) is 7.01. The molecule has 10 nitrogen and oxygen atoms in total. The van der Waals surface area contributed by atoms with Gasteiger partial charge in [-0.1, -0.05) is 31.0 Å². The maximum atomic E-state index is 14.1. The van der Waals surface area contributed by atoms with Gasteiger partial charge in [0.2, 0.25) is 10.0 Å². The van der Waals surface area contributed by atoms with Gasteiger partial charge in [0.25, 0.3) is 5.91 Å². The first-order chi connectivity index (χ1) is 27.0. The van der Waals surface area contributed by atoms with Crippen molar-refractivity contribution in [2.75, 3.05) is 71.7 Å². The highest BCUT2D eigenvalue weighted by molar-refractivity contribution is 7.90. The van der Waals surface area contributed by atoms with Crippen molar-refractivity contribution < 1.29 is 32.2 Å². The number of fused-ring (bicyclic) bond motifs is 5. The summed E-state index contributed by atoms with van der Waals surface area (Å²) in [6.07, 6.45) is 11.3. The molecule has 2 aliphatic carbocycles. The quantitative estimate of drug-likeness (QED) is 0.330. The molecule has 2 bridgehead atoms. The molecular formula is C44H62ClN3O7S. The Balaban J connectivity index is 1.18. The van der Waals surface area contributed by atoms with E-state index in [4.69, 9.17) is 30.5 Å². The second-order valence-corrected chi connectivity index (χ2v) is 20.4. The van der Waals surface area contributed by atoms with E-state index in [9.17, 15) is 13.2 Å². The highest BCUT2D eigenvalue weighted by Crippen LogP contribution is 2.52. The first-order valence-corrected chi connectivity index (χ1v) is 23.2. The first-order valence-electron chi connectivity index (χ1n) is 21.3. The van der Waals surface area contributed by atoms with Crippen molar-refractivity contribution in [3.63, 3.8) is 0 Å². The molecule has 12 heteroatoms. The number of hydrogen-bond donors (Lipinski definition) is 1. The number of sulfonamides is 1. The highest BCUT2D eigenvalue weighted by atomic mass is 35.5. The molecule has 56 heavy (non-hydrogen) atoms. The van der Waals surface area contributed by atoms with Crippen molar-refractivity contribution in [3.05, 3.63) is 58.1 Å². The average Bonchev–Trinajstić information content (AvgIpc) is 3.32. The van der Waals surface area contributed by atoms with Gasteiger partial charge < -0.3 is 23.8 Å². The molecule has 3 fully saturated rings. The Labute approximate surface area is 339 Å². The van der Waals surface area contributed by atoms with Crippen molar-refractivity contribution in [3.8, 4) is 5.75 Å². The number of halogens is 1. The second-order valence-electron chi connectivity index (χ2n) is 18.0. The Bertz CT molecular complexity index is 1850. The summed E-state index contributed by atoms with van der Waals surface area (Å²) in [5.74, 6) is 1.22. The number of methoxy groups -OCH3 is 2. The number of ether oxygens (including phenoxy) is 4. The van der Waals surface area contributed by atoms with E-state index >= 15 is 0 Å². The smallest absolute Gasteiger partial charge is 0.264 e. The third kappa shape index (κ3) is 7.99. The number of carbonyl (C=O) groups excluding carboxylic acids is 1. The fourth-order valence-electron chi connectivity index (χ4n) is 11.7. The molecular weight excluding hydrogens is 750 g/mol. The van der Waals surface area contributed by atoms with Crippen LogP contribution in [0.3, 0.4) is 0 Å². The van der Waals surface area contributed by atoms with Gasteiger partial charge in [0.15, 0.2) is 0 Å². The lowest BCUT2D eigenvalue weighted by Crippen LogP contribution is -2.56. The standard InChI is InChI=1S/C44H62ClN3O7S/c1-30-6-4-17-44(53-3,25-31-14-18-47-19-21-54-27-36(47)22-31)38-11-8-34(38)26-48-28-43(16-5-7-32-23-35(45)10-12-37(32)43)29-55-40-13-9-33(24-39(40)48)42(49)46-56(50,51)41(30)15-20-52-2/h9-10,12-13,23-24,30-31,34,36,38,41H,4-8,11,14-22,25-29H2,1-3H3,(H,46,49)/t30-,31?,34-,36-,38+,41+,43-,44-/m0/s1. The molecule has 8 atom stereocenters. The zero-order valence-electron chi connectivity index (χ0n) is 33.6. The number of benzene rings is 2. The molecule has 1 saturated carbocycles. The summed E-state index contributed by atoms with van der Waals surface area (Å²) in [5.41, 5.74) is 3.15. The number of hydrogen-bond acceptors (Lipinski definition) is 9. The van der Waals surface area contributed by atoms with E-state index in [2.05, 4.69) is 26.7 Å². The fourth-order valence-corrected chi connectivity index (χ4v) is 13.5. The zero-order chi connectivity index (χ0) is 39.1. The largest absolute Gasteiger partial charge is 0.490 e. The summed E-state index contributed by atoms with van der Waals surface area (Å²) in [5, 5.41) is -0.0216. The molecule has 1 spiro atoms. The molecule has 6 aliphatic rings. The number of nitrogens with one attached hydrogen (secondary N) is 1. The van der Waals surface area contributed by atoms with Crippen LogP contribution in [0.2, 0.25) is 5.02 Å². The van der Waals surface area contributed by atoms with E-state index in [0.717, 1.165) is 126 Å². The minimum absolute atomic E-state index is 0.182. The lowest BCUT2D eigenvalue weighted by molar-refractivity contribution is -0.136. The van der Waals surface area contributed by atoms with Gasteiger partial charge in [0.05, 0.1) is 36.4 Å². The van der Waals surface area contributed by atoms with Gasteiger partial charge in [-0.3, -0.25) is 9.69 Å². The minimum atomic E-state index is -4.03. The average molecular weight is 813 g/mol. The third-order valence-corrected chi connectivity index (χ3v) is 17.0. The normalized spacial score (nSPS) is 34.9. The number of amides is 1. The predicted molar refractivity (Wildman–Crippen MR) is 219 cm³/mol. The molecule has 1 amide bonds. The molecule has 2 saturated heterocycles. The van der Waals surface area contributed by atoms with E-state index in [1.54, 1.807) is 13.2 Å². The molecule has 0 aromatic heterocycles. The van der Waals surface area contributed by atoms with Crippen LogP contribution in [0.15, 0.2) is 36.4 Å². The first kappa shape index (κ1) is 40.4. The van der Waals surface area contributed by atoms with Crippen molar-refractivity contribution in [2.45, 2.75) is 106 Å². The summed E-state index contributed by atoms with van der Waals surface area (Å²) in [4.78, 5) is 19.0. The fraction of sp³-hybridized carbons (Fsp3) is 0.705. The van der Waals surface area contributed by atoms with Gasteiger partial charge in [0.1, 0.15) is 5.75 Å². The number of morpholine rings is 1. The second kappa shape index (κ2) is 16.7. The van der Waals surface area contributed by atoms with Crippen LogP contribution < -0.4 is 14.4 Å². The van der Waals surface area contributed by atoms with Crippen molar-refractivity contribution in [1.29, 1.82) is 0 Å². The number of carbonyl (C=O) groups is 1. The maximum absolute atomic E-state index is 14.1. The Morgan fingerprint density at radius 3 is 2.71 bits per heavy atom. The number of anilines is 1. The van der Waals surface area contributed by atoms with E-state index < -0.39 is 21.2 Å². The van der Waals surface area contributed by atoms with Crippen LogP contribution >= 0.6 is 11.6 Å². The summed E-state index contributed by atoms with van der Waals surface area (Å²) in [6, 6.07) is 12.2. The number of rotatable bonds is 6. The maximum Gasteiger partial charge on any atom is 0.264 e. The van der Waals surface area contributed by atoms with Crippen molar-refractivity contribution in [1.82, 2.24) is 9.62 Å². The van der Waals surface area contributed by atoms with Gasteiger partial charge in [-0.25, -0.2) is 13.1 Å². The number of aryl methyl sites for hydroxylation is 1. The zero-order valence-corrected chi connectivity index (χ0v) is 35.2. The monoisotopic (exact) mass is 811 g/mol. The Hall–Kier alpha value is -2.41. The van der Waals surface area contributed by atoms with E-state index in [0.29, 0.717) is 49.0 Å². The Morgan fingerprint density at radius 2 is 1.91 bits per heavy atom. The van der Waals surface area contributed by atoms with Gasteiger partial charge in [-0.2, -0.15) is 0 Å². The molecule has 1 N–H and O–H groups in total. The highest BCUT2D eigenvalue weighted by Gasteiger charge is 2.51. The summed E-state index contributed by atoms with van der Waals surface area (Å²) in [6.45, 7) is 8.12. The summed E-state index contributed by atoms with van der Waals surface area (Å²) in [7, 11) is -0.513. The number of piperidine rings is 1. The molecule has 308 valence electrons. The van der Waals surface area contributed by atoms with Crippen LogP contribution in [0.4, 0.5) is 5.69 Å². The van der Waals surface area contributed by atoms with Crippen molar-refractivity contribution >= 4 is 33.2 Å². The van der Waals surface area contributed by atoms with E-state index in [-0.39, 0.29) is 16.9 Å². The van der Waals surface area contributed by atoms with Crippen LogP contribution in [0.5, 0.6) is 5.75 Å². The number of nitrogens with zero attached hydrogens (tertiary/aromatic N) is 2. The molecule has 1 unspecified atom stereocenters. The van der Waals surface area contributed by atoms with E-state index in [1.165, 1.54) is 11.1 Å². The van der Waals surface area contributed by atoms with Gasteiger partial charge in [-0.05, 0) is 142 Å².